The van der Waals surface area contributed by atoms with E-state index in [1.54, 1.807) is 12.1 Å². The van der Waals surface area contributed by atoms with E-state index in [1.165, 1.54) is 0 Å². The number of para-hydroxylation sites is 1. The van der Waals surface area contributed by atoms with Crippen molar-refractivity contribution in [1.82, 2.24) is 5.32 Å². The zero-order valence-corrected chi connectivity index (χ0v) is 13.3. The fraction of sp³-hybridized carbons (Fsp3) is 0.278. The van der Waals surface area contributed by atoms with Crippen molar-refractivity contribution in [2.75, 3.05) is 25.7 Å². The summed E-state index contributed by atoms with van der Waals surface area (Å²) in [5.41, 5.74) is 7.57. The summed E-state index contributed by atoms with van der Waals surface area (Å²) in [6.07, 6.45) is 1.03. The highest BCUT2D eigenvalue weighted by atomic mass is 16.7. The molecular weight excluding hydrogens is 308 g/mol. The Hall–Kier alpha value is -2.89. The van der Waals surface area contributed by atoms with Gasteiger partial charge in [0.2, 0.25) is 12.7 Å². The van der Waals surface area contributed by atoms with Crippen LogP contribution in [0.4, 0.5) is 5.69 Å². The van der Waals surface area contributed by atoms with Crippen molar-refractivity contribution < 1.29 is 19.0 Å². The van der Waals surface area contributed by atoms with Crippen LogP contribution in [-0.2, 0) is 11.2 Å². The zero-order valence-electron chi connectivity index (χ0n) is 13.3. The van der Waals surface area contributed by atoms with Crippen LogP contribution in [0.25, 0.3) is 0 Å². The maximum atomic E-state index is 11.8. The number of hydrogen-bond acceptors (Lipinski definition) is 5. The highest BCUT2D eigenvalue weighted by Crippen LogP contribution is 2.34. The van der Waals surface area contributed by atoms with Crippen molar-refractivity contribution in [2.24, 2.45) is 0 Å². The van der Waals surface area contributed by atoms with E-state index < -0.39 is 0 Å². The third kappa shape index (κ3) is 4.10. The number of aryl methyl sites for hydroxylation is 1. The van der Waals surface area contributed by atoms with Gasteiger partial charge in [0.1, 0.15) is 12.4 Å². The Kier molecular flexibility index (Phi) is 5.05. The number of amides is 1. The van der Waals surface area contributed by atoms with Gasteiger partial charge in [0.15, 0.2) is 11.5 Å². The molecule has 0 unspecified atom stereocenters. The van der Waals surface area contributed by atoms with Crippen LogP contribution in [-0.4, -0.2) is 25.9 Å². The minimum absolute atomic E-state index is 0.0208. The predicted molar refractivity (Wildman–Crippen MR) is 90.2 cm³/mol. The average Bonchev–Trinajstić information content (AvgIpc) is 3.06. The fourth-order valence-corrected chi connectivity index (χ4v) is 2.42. The summed E-state index contributed by atoms with van der Waals surface area (Å²) in [5.74, 6) is 2.06. The van der Waals surface area contributed by atoms with Crippen molar-refractivity contribution in [3.63, 3.8) is 0 Å². The molecule has 2 aromatic carbocycles. The number of benzene rings is 2. The van der Waals surface area contributed by atoms with Crippen molar-refractivity contribution in [1.29, 1.82) is 0 Å². The zero-order chi connectivity index (χ0) is 16.8. The number of anilines is 1. The number of carbonyl (C=O) groups excluding carboxylic acids is 1. The molecule has 0 saturated heterocycles. The minimum atomic E-state index is -0.0208. The number of hydrogen-bond donors (Lipinski definition) is 2. The van der Waals surface area contributed by atoms with Gasteiger partial charge in [0, 0.05) is 18.2 Å². The van der Waals surface area contributed by atoms with Gasteiger partial charge in [-0.15, -0.1) is 0 Å². The third-order valence-electron chi connectivity index (χ3n) is 3.71. The second kappa shape index (κ2) is 7.59. The molecule has 0 saturated carbocycles. The number of nitrogen functional groups attached to an aromatic ring is 1. The number of rotatable bonds is 7. The number of nitrogens with one attached hydrogen (secondary N) is 1. The number of fused-ring (bicyclic) bond motifs is 1. The molecule has 3 rings (SSSR count). The van der Waals surface area contributed by atoms with Gasteiger partial charge in [-0.05, 0) is 30.2 Å². The average molecular weight is 328 g/mol. The van der Waals surface area contributed by atoms with Crippen LogP contribution in [0, 0.1) is 0 Å². The summed E-state index contributed by atoms with van der Waals surface area (Å²) >= 11 is 0. The van der Waals surface area contributed by atoms with E-state index in [0.717, 1.165) is 17.0 Å². The number of nitrogens with two attached hydrogens (primary N) is 1. The van der Waals surface area contributed by atoms with Crippen molar-refractivity contribution in [2.45, 2.75) is 12.8 Å². The van der Waals surface area contributed by atoms with E-state index in [9.17, 15) is 4.79 Å². The maximum Gasteiger partial charge on any atom is 0.231 e. The molecule has 1 aliphatic heterocycles. The van der Waals surface area contributed by atoms with E-state index in [4.69, 9.17) is 19.9 Å². The van der Waals surface area contributed by atoms with Crippen LogP contribution in [0.15, 0.2) is 42.5 Å². The Morgan fingerprint density at radius 3 is 2.88 bits per heavy atom. The maximum absolute atomic E-state index is 11.8. The van der Waals surface area contributed by atoms with E-state index in [-0.39, 0.29) is 12.7 Å². The van der Waals surface area contributed by atoms with E-state index in [1.807, 2.05) is 30.3 Å². The lowest BCUT2D eigenvalue weighted by atomic mass is 10.1. The first kappa shape index (κ1) is 16.0. The molecule has 0 atom stereocenters. The van der Waals surface area contributed by atoms with Crippen LogP contribution < -0.4 is 25.3 Å². The van der Waals surface area contributed by atoms with Crippen molar-refractivity contribution in [3.8, 4) is 17.2 Å². The van der Waals surface area contributed by atoms with Crippen LogP contribution in [0.5, 0.6) is 17.2 Å². The molecule has 6 nitrogen and oxygen atoms in total. The van der Waals surface area contributed by atoms with E-state index in [0.29, 0.717) is 37.5 Å². The van der Waals surface area contributed by atoms with Crippen molar-refractivity contribution in [3.05, 3.63) is 48.0 Å². The molecule has 0 radical (unpaired) electrons. The van der Waals surface area contributed by atoms with Gasteiger partial charge in [-0.3, -0.25) is 4.79 Å². The lowest BCUT2D eigenvalue weighted by molar-refractivity contribution is -0.121. The van der Waals surface area contributed by atoms with Crippen LogP contribution in [0.3, 0.4) is 0 Å². The molecule has 6 heteroatoms. The third-order valence-corrected chi connectivity index (χ3v) is 3.71. The van der Waals surface area contributed by atoms with Gasteiger partial charge in [-0.2, -0.15) is 0 Å². The Morgan fingerprint density at radius 1 is 1.17 bits per heavy atom. The normalized spacial score (nSPS) is 12.0. The number of ether oxygens (including phenoxy) is 3. The van der Waals surface area contributed by atoms with Crippen LogP contribution >= 0.6 is 0 Å². The predicted octanol–water partition coefficient (Wildman–Crippen LogP) is 2.13. The Morgan fingerprint density at radius 2 is 2.00 bits per heavy atom. The van der Waals surface area contributed by atoms with Crippen LogP contribution in [0.2, 0.25) is 0 Å². The Balaban J connectivity index is 1.36. The Bertz CT molecular complexity index is 718. The highest BCUT2D eigenvalue weighted by molar-refractivity contribution is 5.76. The topological polar surface area (TPSA) is 82.8 Å². The Labute approximate surface area is 140 Å². The summed E-state index contributed by atoms with van der Waals surface area (Å²) < 4.78 is 16.1. The first-order valence-electron chi connectivity index (χ1n) is 7.85. The number of carbonyl (C=O) groups is 1. The summed E-state index contributed by atoms with van der Waals surface area (Å²) in [4.78, 5) is 11.8. The lowest BCUT2D eigenvalue weighted by Gasteiger charge is -2.09. The first-order valence-corrected chi connectivity index (χ1v) is 7.85. The molecule has 126 valence electrons. The first-order chi connectivity index (χ1) is 11.7. The smallest absolute Gasteiger partial charge is 0.231 e. The molecule has 2 aromatic rings. The van der Waals surface area contributed by atoms with E-state index >= 15 is 0 Å². The minimum Gasteiger partial charge on any atom is -0.492 e. The second-order valence-electron chi connectivity index (χ2n) is 5.41. The van der Waals surface area contributed by atoms with Gasteiger partial charge >= 0.3 is 0 Å². The molecule has 0 spiro atoms. The summed E-state index contributed by atoms with van der Waals surface area (Å²) in [5, 5.41) is 2.83. The fourth-order valence-electron chi connectivity index (χ4n) is 2.42. The van der Waals surface area contributed by atoms with E-state index in [2.05, 4.69) is 5.32 Å². The molecule has 1 aliphatic rings. The van der Waals surface area contributed by atoms with Gasteiger partial charge in [0.05, 0.1) is 6.54 Å². The standard InChI is InChI=1S/C18H20N2O4/c19-15-4-2-1-3-13(15)5-8-18(21)20-9-10-22-14-6-7-16-17(11-14)24-12-23-16/h1-4,6-7,11H,5,8-10,12,19H2,(H,20,21). The quantitative estimate of drug-likeness (QED) is 0.601. The second-order valence-corrected chi connectivity index (χ2v) is 5.41. The SMILES string of the molecule is Nc1ccccc1CCC(=O)NCCOc1ccc2c(c1)OCO2. The highest BCUT2D eigenvalue weighted by Gasteiger charge is 2.13. The molecule has 0 fully saturated rings. The van der Waals surface area contributed by atoms with Gasteiger partial charge in [-0.1, -0.05) is 18.2 Å². The molecule has 0 aromatic heterocycles. The molecule has 24 heavy (non-hydrogen) atoms. The van der Waals surface area contributed by atoms with Gasteiger partial charge in [0.25, 0.3) is 0 Å². The molecule has 0 bridgehead atoms. The lowest BCUT2D eigenvalue weighted by Crippen LogP contribution is -2.28. The van der Waals surface area contributed by atoms with Gasteiger partial charge < -0.3 is 25.3 Å². The molecule has 0 aliphatic carbocycles. The molecular formula is C18H20N2O4. The summed E-state index contributed by atoms with van der Waals surface area (Å²) in [6.45, 7) is 1.07. The molecule has 1 amide bonds. The summed E-state index contributed by atoms with van der Waals surface area (Å²) in [7, 11) is 0. The molecule has 3 N–H and O–H groups in total. The summed E-state index contributed by atoms with van der Waals surface area (Å²) in [6, 6.07) is 13.0. The van der Waals surface area contributed by atoms with Crippen molar-refractivity contribution >= 4 is 11.6 Å². The largest absolute Gasteiger partial charge is 0.492 e. The molecule has 1 heterocycles. The van der Waals surface area contributed by atoms with Crippen LogP contribution in [0.1, 0.15) is 12.0 Å². The monoisotopic (exact) mass is 328 g/mol. The van der Waals surface area contributed by atoms with Gasteiger partial charge in [-0.25, -0.2) is 0 Å².